The van der Waals surface area contributed by atoms with Gasteiger partial charge in [0, 0.05) is 12.8 Å². The first kappa shape index (κ1) is 27.8. The van der Waals surface area contributed by atoms with Crippen LogP contribution in [0.15, 0.2) is 0 Å². The van der Waals surface area contributed by atoms with Crippen molar-refractivity contribution in [3.8, 4) is 0 Å². The maximum Gasteiger partial charge on any atom is 0.305 e. The molecule has 0 amide bonds. The number of unbranched alkanes of at least 4 members (excludes halogenated alkanes) is 2. The third kappa shape index (κ3) is 13.6. The highest BCUT2D eigenvalue weighted by Gasteiger charge is 2.31. The maximum absolute atomic E-state index is 11.9. The summed E-state index contributed by atoms with van der Waals surface area (Å²) in [7, 11) is 0. The van der Waals surface area contributed by atoms with Gasteiger partial charge < -0.3 is 24.8 Å². The molecule has 3 N–H and O–H groups in total. The molecule has 0 aliphatic heterocycles. The maximum atomic E-state index is 11.9. The standard InChI is InChI=1S/C22H42O7/c1-4-18(24)11-7-9-13-20(26)28-16-22(6-3,15-23)17-29-21(27)14-10-8-12-19(25)5-2/h18-19,23-25H,4-17H2,1-3H3. The van der Waals surface area contributed by atoms with E-state index in [0.717, 1.165) is 12.8 Å². The number of aliphatic hydroxyl groups is 3. The molecular weight excluding hydrogens is 376 g/mol. The zero-order chi connectivity index (χ0) is 22.1. The van der Waals surface area contributed by atoms with Gasteiger partial charge in [-0.05, 0) is 44.9 Å². The van der Waals surface area contributed by atoms with E-state index in [1.807, 2.05) is 20.8 Å². The van der Waals surface area contributed by atoms with E-state index in [2.05, 4.69) is 0 Å². The molecular formula is C22H42O7. The number of carbonyl (C=O) groups is 2. The molecule has 172 valence electrons. The van der Waals surface area contributed by atoms with Crippen molar-refractivity contribution >= 4 is 11.9 Å². The van der Waals surface area contributed by atoms with Gasteiger partial charge in [0.25, 0.3) is 0 Å². The van der Waals surface area contributed by atoms with Crippen LogP contribution in [-0.4, -0.2) is 59.3 Å². The van der Waals surface area contributed by atoms with Crippen LogP contribution in [0.25, 0.3) is 0 Å². The lowest BCUT2D eigenvalue weighted by Crippen LogP contribution is -2.37. The average molecular weight is 419 g/mol. The Morgan fingerprint density at radius 2 is 1.21 bits per heavy atom. The molecule has 29 heavy (non-hydrogen) atoms. The first-order chi connectivity index (χ1) is 13.8. The van der Waals surface area contributed by atoms with E-state index in [1.165, 1.54) is 0 Å². The van der Waals surface area contributed by atoms with Crippen molar-refractivity contribution < 1.29 is 34.4 Å². The molecule has 0 heterocycles. The molecule has 0 aromatic carbocycles. The molecule has 0 radical (unpaired) electrons. The summed E-state index contributed by atoms with van der Waals surface area (Å²) in [6.07, 6.45) is 5.99. The molecule has 0 bridgehead atoms. The highest BCUT2D eigenvalue weighted by molar-refractivity contribution is 5.69. The second-order valence-corrected chi connectivity index (χ2v) is 7.95. The van der Waals surface area contributed by atoms with Gasteiger partial charge >= 0.3 is 11.9 Å². The van der Waals surface area contributed by atoms with Crippen LogP contribution in [0, 0.1) is 5.41 Å². The van der Waals surface area contributed by atoms with E-state index in [1.54, 1.807) is 0 Å². The fourth-order valence-electron chi connectivity index (χ4n) is 2.77. The highest BCUT2D eigenvalue weighted by Crippen LogP contribution is 2.23. The van der Waals surface area contributed by atoms with Crippen LogP contribution in [0.2, 0.25) is 0 Å². The first-order valence-corrected chi connectivity index (χ1v) is 11.1. The summed E-state index contributed by atoms with van der Waals surface area (Å²) in [5, 5.41) is 28.8. The Morgan fingerprint density at radius 1 is 0.793 bits per heavy atom. The summed E-state index contributed by atoms with van der Waals surface area (Å²) in [5.41, 5.74) is -0.790. The molecule has 0 aliphatic rings. The van der Waals surface area contributed by atoms with Crippen LogP contribution < -0.4 is 0 Å². The minimum absolute atomic E-state index is 0.00634. The third-order valence-corrected chi connectivity index (χ3v) is 5.44. The Hall–Kier alpha value is -1.18. The fraction of sp³-hybridized carbons (Fsp3) is 0.909. The quantitative estimate of drug-likeness (QED) is 0.231. The molecule has 0 fully saturated rings. The molecule has 0 saturated heterocycles. The molecule has 2 unspecified atom stereocenters. The summed E-state index contributed by atoms with van der Waals surface area (Å²) in [6, 6.07) is 0. The van der Waals surface area contributed by atoms with Crippen LogP contribution in [0.3, 0.4) is 0 Å². The number of hydrogen-bond donors (Lipinski definition) is 3. The molecule has 7 nitrogen and oxygen atoms in total. The molecule has 0 aliphatic carbocycles. The van der Waals surface area contributed by atoms with Gasteiger partial charge in [-0.3, -0.25) is 9.59 Å². The smallest absolute Gasteiger partial charge is 0.305 e. The van der Waals surface area contributed by atoms with Crippen molar-refractivity contribution in [3.63, 3.8) is 0 Å². The van der Waals surface area contributed by atoms with Crippen LogP contribution in [-0.2, 0) is 19.1 Å². The van der Waals surface area contributed by atoms with Gasteiger partial charge in [-0.25, -0.2) is 0 Å². The first-order valence-electron chi connectivity index (χ1n) is 11.1. The van der Waals surface area contributed by atoms with E-state index in [0.29, 0.717) is 44.9 Å². The van der Waals surface area contributed by atoms with Crippen LogP contribution in [0.1, 0.15) is 91.4 Å². The largest absolute Gasteiger partial charge is 0.465 e. The normalized spacial score (nSPS) is 15.4. The number of esters is 2. The Kier molecular flexibility index (Phi) is 15.9. The average Bonchev–Trinajstić information content (AvgIpc) is 2.74. The van der Waals surface area contributed by atoms with Crippen LogP contribution in [0.5, 0.6) is 0 Å². The zero-order valence-electron chi connectivity index (χ0n) is 18.5. The van der Waals surface area contributed by atoms with Gasteiger partial charge in [0.05, 0.1) is 24.2 Å². The lowest BCUT2D eigenvalue weighted by molar-refractivity contribution is -0.156. The predicted molar refractivity (Wildman–Crippen MR) is 111 cm³/mol. The van der Waals surface area contributed by atoms with Gasteiger partial charge in [0.1, 0.15) is 13.2 Å². The molecule has 0 rings (SSSR count). The molecule has 0 spiro atoms. The van der Waals surface area contributed by atoms with E-state index < -0.39 is 5.41 Å². The van der Waals surface area contributed by atoms with Crippen molar-refractivity contribution in [1.29, 1.82) is 0 Å². The SMILES string of the molecule is CCC(O)CCCCC(=O)OCC(CC)(CO)COC(=O)CCCCC(O)CC. The van der Waals surface area contributed by atoms with Crippen molar-refractivity contribution in [2.75, 3.05) is 19.8 Å². The van der Waals surface area contributed by atoms with Crippen molar-refractivity contribution in [1.82, 2.24) is 0 Å². The van der Waals surface area contributed by atoms with Crippen molar-refractivity contribution in [3.05, 3.63) is 0 Å². The van der Waals surface area contributed by atoms with Gasteiger partial charge in [0.2, 0.25) is 0 Å². The Bertz CT molecular complexity index is 399. The number of ether oxygens (including phenoxy) is 2. The Balaban J connectivity index is 4.18. The van der Waals surface area contributed by atoms with E-state index in [4.69, 9.17) is 9.47 Å². The predicted octanol–water partition coefficient (Wildman–Crippen LogP) is 3.12. The van der Waals surface area contributed by atoms with Crippen molar-refractivity contribution in [2.45, 2.75) is 104 Å². The molecule has 0 aromatic heterocycles. The topological polar surface area (TPSA) is 113 Å². The summed E-state index contributed by atoms with van der Waals surface area (Å²) in [5.74, 6) is -0.689. The second-order valence-electron chi connectivity index (χ2n) is 7.95. The summed E-state index contributed by atoms with van der Waals surface area (Å²) >= 11 is 0. The lowest BCUT2D eigenvalue weighted by Gasteiger charge is -2.29. The van der Waals surface area contributed by atoms with E-state index >= 15 is 0 Å². The zero-order valence-corrected chi connectivity index (χ0v) is 18.5. The minimum atomic E-state index is -0.790. The number of rotatable bonds is 18. The van der Waals surface area contributed by atoms with Crippen LogP contribution >= 0.6 is 0 Å². The van der Waals surface area contributed by atoms with Gasteiger partial charge in [-0.2, -0.15) is 0 Å². The summed E-state index contributed by atoms with van der Waals surface area (Å²) in [6.45, 7) is 5.47. The van der Waals surface area contributed by atoms with Crippen molar-refractivity contribution in [2.24, 2.45) is 5.41 Å². The Labute approximate surface area is 175 Å². The van der Waals surface area contributed by atoms with Crippen LogP contribution in [0.4, 0.5) is 0 Å². The molecule has 2 atom stereocenters. The lowest BCUT2D eigenvalue weighted by atomic mass is 9.88. The molecule has 7 heteroatoms. The number of carbonyl (C=O) groups excluding carboxylic acids is 2. The summed E-state index contributed by atoms with van der Waals surface area (Å²) < 4.78 is 10.6. The number of hydrogen-bond acceptors (Lipinski definition) is 7. The molecule has 0 saturated carbocycles. The van der Waals surface area contributed by atoms with Gasteiger partial charge in [0.15, 0.2) is 0 Å². The van der Waals surface area contributed by atoms with Gasteiger partial charge in [-0.1, -0.05) is 33.6 Å². The van der Waals surface area contributed by atoms with E-state index in [-0.39, 0.29) is 56.8 Å². The highest BCUT2D eigenvalue weighted by atomic mass is 16.5. The monoisotopic (exact) mass is 418 g/mol. The molecule has 0 aromatic rings. The Morgan fingerprint density at radius 3 is 1.52 bits per heavy atom. The second kappa shape index (κ2) is 16.6. The van der Waals surface area contributed by atoms with Gasteiger partial charge in [-0.15, -0.1) is 0 Å². The third-order valence-electron chi connectivity index (χ3n) is 5.44. The fourth-order valence-corrected chi connectivity index (χ4v) is 2.77. The van der Waals surface area contributed by atoms with E-state index in [9.17, 15) is 24.9 Å². The number of aliphatic hydroxyl groups excluding tert-OH is 3. The summed E-state index contributed by atoms with van der Waals surface area (Å²) in [4.78, 5) is 23.9. The minimum Gasteiger partial charge on any atom is -0.465 e.